The SMILES string of the molecule is Cc1nc(NC(C)C)cc(NC2CCC(N)CC2)n1. The molecule has 0 aromatic carbocycles. The van der Waals surface area contributed by atoms with Gasteiger partial charge >= 0.3 is 0 Å². The Balaban J connectivity index is 2.01. The minimum absolute atomic E-state index is 0.370. The molecule has 0 unspecified atom stereocenters. The van der Waals surface area contributed by atoms with Gasteiger partial charge in [-0.15, -0.1) is 0 Å². The van der Waals surface area contributed by atoms with E-state index >= 15 is 0 Å². The highest BCUT2D eigenvalue weighted by Crippen LogP contribution is 2.21. The molecule has 1 aromatic heterocycles. The number of nitrogens with two attached hydrogens (primary N) is 1. The number of anilines is 2. The van der Waals surface area contributed by atoms with Crippen molar-refractivity contribution in [2.24, 2.45) is 5.73 Å². The standard InChI is InChI=1S/C14H25N5/c1-9(2)16-13-8-14(18-10(3)17-13)19-12-6-4-11(15)5-7-12/h8-9,11-12H,4-7,15H2,1-3H3,(H2,16,17,18,19). The molecule has 0 spiro atoms. The Morgan fingerprint density at radius 2 is 1.79 bits per heavy atom. The second-order valence-corrected chi connectivity index (χ2v) is 5.74. The minimum Gasteiger partial charge on any atom is -0.368 e. The molecular weight excluding hydrogens is 238 g/mol. The smallest absolute Gasteiger partial charge is 0.132 e. The third-order valence-corrected chi connectivity index (χ3v) is 3.40. The Labute approximate surface area is 115 Å². The summed E-state index contributed by atoms with van der Waals surface area (Å²) in [4.78, 5) is 8.86. The van der Waals surface area contributed by atoms with Crippen LogP contribution in [0.2, 0.25) is 0 Å². The number of nitrogens with one attached hydrogen (secondary N) is 2. The first-order chi connectivity index (χ1) is 9.02. The largest absolute Gasteiger partial charge is 0.368 e. The van der Waals surface area contributed by atoms with Crippen molar-refractivity contribution in [2.45, 2.75) is 64.6 Å². The monoisotopic (exact) mass is 263 g/mol. The van der Waals surface area contributed by atoms with Gasteiger partial charge in [0.25, 0.3) is 0 Å². The molecule has 19 heavy (non-hydrogen) atoms. The molecule has 1 fully saturated rings. The third-order valence-electron chi connectivity index (χ3n) is 3.40. The van der Waals surface area contributed by atoms with Crippen molar-refractivity contribution in [3.63, 3.8) is 0 Å². The highest BCUT2D eigenvalue weighted by molar-refractivity contribution is 5.48. The van der Waals surface area contributed by atoms with E-state index in [-0.39, 0.29) is 0 Å². The molecule has 0 bridgehead atoms. The van der Waals surface area contributed by atoms with Crippen LogP contribution in [0.3, 0.4) is 0 Å². The van der Waals surface area contributed by atoms with Crippen molar-refractivity contribution in [2.75, 3.05) is 10.6 Å². The third kappa shape index (κ3) is 4.35. The molecule has 0 aliphatic heterocycles. The highest BCUT2D eigenvalue weighted by Gasteiger charge is 2.18. The van der Waals surface area contributed by atoms with E-state index in [1.54, 1.807) is 0 Å². The van der Waals surface area contributed by atoms with Crippen LogP contribution < -0.4 is 16.4 Å². The molecule has 1 aromatic rings. The maximum Gasteiger partial charge on any atom is 0.132 e. The average Bonchev–Trinajstić information content (AvgIpc) is 2.30. The summed E-state index contributed by atoms with van der Waals surface area (Å²) in [5, 5.41) is 6.83. The fourth-order valence-electron chi connectivity index (χ4n) is 2.48. The summed E-state index contributed by atoms with van der Waals surface area (Å²) in [5.41, 5.74) is 5.93. The van der Waals surface area contributed by atoms with E-state index in [0.29, 0.717) is 18.1 Å². The molecule has 0 amide bonds. The van der Waals surface area contributed by atoms with Gasteiger partial charge in [0.15, 0.2) is 0 Å². The topological polar surface area (TPSA) is 75.9 Å². The van der Waals surface area contributed by atoms with Crippen molar-refractivity contribution in [1.29, 1.82) is 0 Å². The van der Waals surface area contributed by atoms with Crippen LogP contribution in [0.25, 0.3) is 0 Å². The molecule has 1 heterocycles. The van der Waals surface area contributed by atoms with Crippen LogP contribution >= 0.6 is 0 Å². The normalized spacial score (nSPS) is 23.4. The van der Waals surface area contributed by atoms with Crippen LogP contribution in [-0.2, 0) is 0 Å². The van der Waals surface area contributed by atoms with Crippen molar-refractivity contribution in [3.05, 3.63) is 11.9 Å². The summed E-state index contributed by atoms with van der Waals surface area (Å²) in [6.07, 6.45) is 4.44. The Bertz CT molecular complexity index is 410. The molecule has 5 nitrogen and oxygen atoms in total. The summed E-state index contributed by atoms with van der Waals surface area (Å²) in [6, 6.07) is 3.22. The van der Waals surface area contributed by atoms with Crippen LogP contribution in [0, 0.1) is 6.92 Å². The molecule has 1 saturated carbocycles. The first-order valence-electron chi connectivity index (χ1n) is 7.17. The van der Waals surface area contributed by atoms with Gasteiger partial charge in [0.1, 0.15) is 17.5 Å². The maximum absolute atomic E-state index is 5.93. The van der Waals surface area contributed by atoms with Crippen molar-refractivity contribution >= 4 is 11.6 Å². The van der Waals surface area contributed by atoms with Gasteiger partial charge in [-0.3, -0.25) is 0 Å². The minimum atomic E-state index is 0.370. The lowest BCUT2D eigenvalue weighted by Gasteiger charge is -2.27. The predicted octanol–water partition coefficient (Wildman–Crippen LogP) is 2.29. The van der Waals surface area contributed by atoms with E-state index < -0.39 is 0 Å². The fraction of sp³-hybridized carbons (Fsp3) is 0.714. The van der Waals surface area contributed by atoms with Crippen LogP contribution in [0.4, 0.5) is 11.6 Å². The fourth-order valence-corrected chi connectivity index (χ4v) is 2.48. The number of aromatic nitrogens is 2. The van der Waals surface area contributed by atoms with Crippen molar-refractivity contribution in [1.82, 2.24) is 9.97 Å². The van der Waals surface area contributed by atoms with Crippen LogP contribution in [0.1, 0.15) is 45.4 Å². The van der Waals surface area contributed by atoms with E-state index in [4.69, 9.17) is 5.73 Å². The lowest BCUT2D eigenvalue weighted by molar-refractivity contribution is 0.410. The lowest BCUT2D eigenvalue weighted by Crippen LogP contribution is -2.33. The molecule has 0 atom stereocenters. The Hall–Kier alpha value is -1.36. The molecule has 106 valence electrons. The van der Waals surface area contributed by atoms with Crippen molar-refractivity contribution in [3.8, 4) is 0 Å². The zero-order valence-electron chi connectivity index (χ0n) is 12.1. The van der Waals surface area contributed by atoms with Crippen LogP contribution in [0.5, 0.6) is 0 Å². The van der Waals surface area contributed by atoms with Gasteiger partial charge in [-0.1, -0.05) is 0 Å². The number of hydrogen-bond donors (Lipinski definition) is 3. The van der Waals surface area contributed by atoms with Gasteiger partial charge in [-0.05, 0) is 46.5 Å². The molecule has 5 heteroatoms. The van der Waals surface area contributed by atoms with Gasteiger partial charge in [-0.25, -0.2) is 9.97 Å². The van der Waals surface area contributed by atoms with E-state index in [0.717, 1.165) is 43.1 Å². The molecular formula is C14H25N5. The van der Waals surface area contributed by atoms with E-state index in [1.807, 2.05) is 13.0 Å². The Kier molecular flexibility index (Phi) is 4.58. The quantitative estimate of drug-likeness (QED) is 0.777. The number of aryl methyl sites for hydroxylation is 1. The number of nitrogens with zero attached hydrogens (tertiary/aromatic N) is 2. The predicted molar refractivity (Wildman–Crippen MR) is 79.4 cm³/mol. The molecule has 0 radical (unpaired) electrons. The van der Waals surface area contributed by atoms with E-state index in [1.165, 1.54) is 0 Å². The van der Waals surface area contributed by atoms with Gasteiger partial charge in [0, 0.05) is 24.2 Å². The zero-order chi connectivity index (χ0) is 13.8. The molecule has 4 N–H and O–H groups in total. The van der Waals surface area contributed by atoms with Gasteiger partial charge in [0.2, 0.25) is 0 Å². The number of hydrogen-bond acceptors (Lipinski definition) is 5. The molecule has 1 aliphatic rings. The van der Waals surface area contributed by atoms with Gasteiger partial charge in [0.05, 0.1) is 0 Å². The average molecular weight is 263 g/mol. The summed E-state index contributed by atoms with van der Waals surface area (Å²) >= 11 is 0. The second-order valence-electron chi connectivity index (χ2n) is 5.74. The van der Waals surface area contributed by atoms with Crippen molar-refractivity contribution < 1.29 is 0 Å². The maximum atomic E-state index is 5.93. The van der Waals surface area contributed by atoms with Crippen LogP contribution in [-0.4, -0.2) is 28.1 Å². The summed E-state index contributed by atoms with van der Waals surface area (Å²) in [7, 11) is 0. The van der Waals surface area contributed by atoms with Gasteiger partial charge in [-0.2, -0.15) is 0 Å². The molecule has 2 rings (SSSR count). The summed E-state index contributed by atoms with van der Waals surface area (Å²) in [5.74, 6) is 2.59. The first-order valence-corrected chi connectivity index (χ1v) is 7.17. The zero-order valence-corrected chi connectivity index (χ0v) is 12.1. The highest BCUT2D eigenvalue weighted by atomic mass is 15.1. The summed E-state index contributed by atoms with van der Waals surface area (Å²) < 4.78 is 0. The lowest BCUT2D eigenvalue weighted by atomic mass is 9.92. The Morgan fingerprint density at radius 1 is 1.16 bits per heavy atom. The number of rotatable bonds is 4. The summed E-state index contributed by atoms with van der Waals surface area (Å²) in [6.45, 7) is 6.13. The molecule has 1 aliphatic carbocycles. The van der Waals surface area contributed by atoms with E-state index in [9.17, 15) is 0 Å². The van der Waals surface area contributed by atoms with Gasteiger partial charge < -0.3 is 16.4 Å². The van der Waals surface area contributed by atoms with E-state index in [2.05, 4.69) is 34.4 Å². The van der Waals surface area contributed by atoms with Crippen LogP contribution in [0.15, 0.2) is 6.07 Å². The molecule has 0 saturated heterocycles. The second kappa shape index (κ2) is 6.19. The first kappa shape index (κ1) is 14.1. The Morgan fingerprint density at radius 3 is 2.42 bits per heavy atom.